The van der Waals surface area contributed by atoms with Crippen LogP contribution < -0.4 is 5.32 Å². The van der Waals surface area contributed by atoms with E-state index in [1.807, 2.05) is 12.3 Å². The third-order valence-corrected chi connectivity index (χ3v) is 3.62. The molecule has 0 aromatic carbocycles. The number of nitrogens with zero attached hydrogens (tertiary/aromatic N) is 2. The molecule has 0 saturated carbocycles. The van der Waals surface area contributed by atoms with Gasteiger partial charge in [-0.25, -0.2) is 0 Å². The summed E-state index contributed by atoms with van der Waals surface area (Å²) in [5.41, 5.74) is 1.35. The van der Waals surface area contributed by atoms with Crippen LogP contribution >= 0.6 is 0 Å². The fourth-order valence-electron chi connectivity index (χ4n) is 2.31. The standard InChI is InChI=1S/C17H31N3/c1-14(2)16(13-19-17(3,4)5)20(6)12-10-15-9-7-8-11-18-15/h7-9,11,14,16,19H,10,12-13H2,1-6H3. The Hall–Kier alpha value is -0.930. The zero-order valence-electron chi connectivity index (χ0n) is 14.0. The SMILES string of the molecule is CC(C)C(CNC(C)(C)C)N(C)CCc1ccccn1. The van der Waals surface area contributed by atoms with E-state index in [0.29, 0.717) is 12.0 Å². The van der Waals surface area contributed by atoms with Gasteiger partial charge in [-0.05, 0) is 45.9 Å². The summed E-state index contributed by atoms with van der Waals surface area (Å²) in [6, 6.07) is 6.69. The highest BCUT2D eigenvalue weighted by Gasteiger charge is 2.20. The molecular weight excluding hydrogens is 246 g/mol. The van der Waals surface area contributed by atoms with E-state index in [1.54, 1.807) is 0 Å². The van der Waals surface area contributed by atoms with Gasteiger partial charge in [-0.3, -0.25) is 4.98 Å². The molecule has 1 unspecified atom stereocenters. The van der Waals surface area contributed by atoms with Crippen molar-refractivity contribution < 1.29 is 0 Å². The molecule has 1 aromatic heterocycles. The first-order chi connectivity index (χ1) is 9.29. The van der Waals surface area contributed by atoms with E-state index in [1.165, 1.54) is 5.69 Å². The van der Waals surface area contributed by atoms with Crippen molar-refractivity contribution in [3.05, 3.63) is 30.1 Å². The van der Waals surface area contributed by atoms with Gasteiger partial charge in [0.15, 0.2) is 0 Å². The maximum Gasteiger partial charge on any atom is 0.0416 e. The lowest BCUT2D eigenvalue weighted by atomic mass is 10.0. The quantitative estimate of drug-likeness (QED) is 0.830. The third kappa shape index (κ3) is 6.49. The number of rotatable bonds is 7. The molecular formula is C17H31N3. The Bertz CT molecular complexity index is 368. The first-order valence-electron chi connectivity index (χ1n) is 7.65. The zero-order valence-corrected chi connectivity index (χ0v) is 14.0. The molecule has 0 aliphatic carbocycles. The van der Waals surface area contributed by atoms with Crippen LogP contribution in [-0.2, 0) is 6.42 Å². The molecule has 1 atom stereocenters. The predicted molar refractivity (Wildman–Crippen MR) is 87.0 cm³/mol. The summed E-state index contributed by atoms with van der Waals surface area (Å²) in [6.45, 7) is 13.3. The molecule has 20 heavy (non-hydrogen) atoms. The second kappa shape index (κ2) is 7.75. The highest BCUT2D eigenvalue weighted by Crippen LogP contribution is 2.11. The van der Waals surface area contributed by atoms with Crippen molar-refractivity contribution >= 4 is 0 Å². The van der Waals surface area contributed by atoms with Gasteiger partial charge >= 0.3 is 0 Å². The van der Waals surface area contributed by atoms with Crippen molar-refractivity contribution in [1.29, 1.82) is 0 Å². The maximum atomic E-state index is 4.40. The largest absolute Gasteiger partial charge is 0.311 e. The van der Waals surface area contributed by atoms with Crippen molar-refractivity contribution in [2.45, 2.75) is 52.6 Å². The van der Waals surface area contributed by atoms with Crippen LogP contribution in [0.1, 0.15) is 40.3 Å². The second-order valence-electron chi connectivity index (χ2n) is 6.99. The molecule has 1 heterocycles. The summed E-state index contributed by atoms with van der Waals surface area (Å²) >= 11 is 0. The summed E-state index contributed by atoms with van der Waals surface area (Å²) < 4.78 is 0. The summed E-state index contributed by atoms with van der Waals surface area (Å²) in [5, 5.41) is 3.63. The molecule has 0 aliphatic rings. The second-order valence-corrected chi connectivity index (χ2v) is 6.99. The van der Waals surface area contributed by atoms with Crippen molar-refractivity contribution in [3.8, 4) is 0 Å². The number of nitrogens with one attached hydrogen (secondary N) is 1. The Morgan fingerprint density at radius 2 is 1.95 bits per heavy atom. The number of pyridine rings is 1. The summed E-state index contributed by atoms with van der Waals surface area (Å²) in [4.78, 5) is 6.85. The van der Waals surface area contributed by atoms with Gasteiger partial charge in [0.2, 0.25) is 0 Å². The molecule has 3 nitrogen and oxygen atoms in total. The van der Waals surface area contributed by atoms with Gasteiger partial charge in [0, 0.05) is 43.0 Å². The molecule has 0 amide bonds. The average molecular weight is 277 g/mol. The molecule has 0 bridgehead atoms. The van der Waals surface area contributed by atoms with Crippen LogP contribution in [0.15, 0.2) is 24.4 Å². The number of aromatic nitrogens is 1. The monoisotopic (exact) mass is 277 g/mol. The number of likely N-dealkylation sites (N-methyl/N-ethyl adjacent to an activating group) is 1. The number of hydrogen-bond donors (Lipinski definition) is 1. The van der Waals surface area contributed by atoms with Crippen LogP contribution in [0.5, 0.6) is 0 Å². The first kappa shape index (κ1) is 17.1. The fourth-order valence-corrected chi connectivity index (χ4v) is 2.31. The Kier molecular flexibility index (Phi) is 6.63. The normalized spacial score (nSPS) is 14.0. The van der Waals surface area contributed by atoms with Gasteiger partial charge in [0.05, 0.1) is 0 Å². The molecule has 0 radical (unpaired) electrons. The van der Waals surface area contributed by atoms with E-state index in [-0.39, 0.29) is 5.54 Å². The van der Waals surface area contributed by atoms with Crippen LogP contribution in [0, 0.1) is 5.92 Å². The topological polar surface area (TPSA) is 28.2 Å². The average Bonchev–Trinajstić information content (AvgIpc) is 2.36. The van der Waals surface area contributed by atoms with E-state index in [0.717, 1.165) is 19.5 Å². The van der Waals surface area contributed by atoms with Crippen LogP contribution in [0.2, 0.25) is 0 Å². The van der Waals surface area contributed by atoms with Gasteiger partial charge in [-0.15, -0.1) is 0 Å². The van der Waals surface area contributed by atoms with Crippen molar-refractivity contribution in [2.24, 2.45) is 5.92 Å². The van der Waals surface area contributed by atoms with Gasteiger partial charge < -0.3 is 10.2 Å². The van der Waals surface area contributed by atoms with Crippen molar-refractivity contribution in [1.82, 2.24) is 15.2 Å². The maximum absolute atomic E-state index is 4.40. The molecule has 0 fully saturated rings. The van der Waals surface area contributed by atoms with Gasteiger partial charge in [-0.2, -0.15) is 0 Å². The van der Waals surface area contributed by atoms with E-state index in [9.17, 15) is 0 Å². The lowest BCUT2D eigenvalue weighted by molar-refractivity contribution is 0.178. The van der Waals surface area contributed by atoms with Gasteiger partial charge in [0.25, 0.3) is 0 Å². The molecule has 1 rings (SSSR count). The number of hydrogen-bond acceptors (Lipinski definition) is 3. The minimum Gasteiger partial charge on any atom is -0.311 e. The van der Waals surface area contributed by atoms with Crippen LogP contribution in [0.25, 0.3) is 0 Å². The third-order valence-electron chi connectivity index (χ3n) is 3.62. The van der Waals surface area contributed by atoms with Crippen LogP contribution in [0.4, 0.5) is 0 Å². The molecule has 0 saturated heterocycles. The Morgan fingerprint density at radius 3 is 2.45 bits per heavy atom. The molecule has 0 spiro atoms. The minimum absolute atomic E-state index is 0.176. The van der Waals surface area contributed by atoms with Gasteiger partial charge in [0.1, 0.15) is 0 Å². The zero-order chi connectivity index (χ0) is 15.2. The van der Waals surface area contributed by atoms with Crippen molar-refractivity contribution in [3.63, 3.8) is 0 Å². The van der Waals surface area contributed by atoms with Gasteiger partial charge in [-0.1, -0.05) is 19.9 Å². The molecule has 114 valence electrons. The van der Waals surface area contributed by atoms with E-state index < -0.39 is 0 Å². The highest BCUT2D eigenvalue weighted by atomic mass is 15.2. The van der Waals surface area contributed by atoms with E-state index >= 15 is 0 Å². The van der Waals surface area contributed by atoms with Crippen molar-refractivity contribution in [2.75, 3.05) is 20.1 Å². The van der Waals surface area contributed by atoms with E-state index in [2.05, 4.69) is 69.0 Å². The Balaban J connectivity index is 2.49. The van der Waals surface area contributed by atoms with E-state index in [4.69, 9.17) is 0 Å². The Morgan fingerprint density at radius 1 is 1.25 bits per heavy atom. The molecule has 1 N–H and O–H groups in total. The first-order valence-corrected chi connectivity index (χ1v) is 7.65. The summed E-state index contributed by atoms with van der Waals surface area (Å²) in [7, 11) is 2.22. The lowest BCUT2D eigenvalue weighted by Gasteiger charge is -2.34. The fraction of sp³-hybridized carbons (Fsp3) is 0.706. The lowest BCUT2D eigenvalue weighted by Crippen LogP contribution is -2.49. The molecule has 1 aromatic rings. The van der Waals surface area contributed by atoms with Crippen LogP contribution in [0.3, 0.4) is 0 Å². The minimum atomic E-state index is 0.176. The Labute approximate surface area is 124 Å². The highest BCUT2D eigenvalue weighted by molar-refractivity contribution is 5.03. The predicted octanol–water partition coefficient (Wildman–Crippen LogP) is 2.97. The summed E-state index contributed by atoms with van der Waals surface area (Å²) in [5.74, 6) is 0.638. The smallest absolute Gasteiger partial charge is 0.0416 e. The van der Waals surface area contributed by atoms with Crippen LogP contribution in [-0.4, -0.2) is 41.6 Å². The molecule has 3 heteroatoms. The summed E-state index contributed by atoms with van der Waals surface area (Å²) in [6.07, 6.45) is 2.88. The molecule has 0 aliphatic heterocycles.